The van der Waals surface area contributed by atoms with Crippen molar-refractivity contribution in [3.8, 4) is 0 Å². The van der Waals surface area contributed by atoms with Gasteiger partial charge in [0.2, 0.25) is 5.82 Å². The van der Waals surface area contributed by atoms with E-state index in [0.717, 1.165) is 19.0 Å². The molecule has 132 valence electrons. The molecule has 1 atom stereocenters. The van der Waals surface area contributed by atoms with E-state index in [1.165, 1.54) is 24.5 Å². The fourth-order valence-electron chi connectivity index (χ4n) is 3.35. The van der Waals surface area contributed by atoms with Crippen LogP contribution in [-0.4, -0.2) is 34.4 Å². The van der Waals surface area contributed by atoms with Crippen molar-refractivity contribution < 1.29 is 4.92 Å². The van der Waals surface area contributed by atoms with Gasteiger partial charge >= 0.3 is 5.69 Å². The molecule has 1 aromatic heterocycles. The van der Waals surface area contributed by atoms with E-state index in [-0.39, 0.29) is 11.7 Å². The Kier molecular flexibility index (Phi) is 5.60. The van der Waals surface area contributed by atoms with Crippen LogP contribution in [0, 0.1) is 16.0 Å². The number of nitro groups is 1. The number of hydrogen-bond acceptors (Lipinski definition) is 5. The molecular formula is C19H24N4O2. The topological polar surface area (TPSA) is 71.3 Å². The van der Waals surface area contributed by atoms with Gasteiger partial charge in [0.1, 0.15) is 0 Å². The van der Waals surface area contributed by atoms with Crippen LogP contribution >= 0.6 is 0 Å². The van der Waals surface area contributed by atoms with Gasteiger partial charge in [0.05, 0.1) is 11.0 Å². The number of likely N-dealkylation sites (tertiary alicyclic amines) is 1. The third kappa shape index (κ3) is 4.33. The first-order valence-electron chi connectivity index (χ1n) is 8.77. The molecule has 0 radical (unpaired) electrons. The Morgan fingerprint density at radius 3 is 2.64 bits per heavy atom. The molecule has 2 heterocycles. The van der Waals surface area contributed by atoms with E-state index >= 15 is 0 Å². The molecular weight excluding hydrogens is 316 g/mol. The Bertz CT molecular complexity index is 700. The van der Waals surface area contributed by atoms with Crippen molar-refractivity contribution in [3.05, 3.63) is 64.3 Å². The van der Waals surface area contributed by atoms with Crippen LogP contribution in [-0.2, 0) is 0 Å². The highest BCUT2D eigenvalue weighted by Gasteiger charge is 2.25. The monoisotopic (exact) mass is 340 g/mol. The molecule has 0 aliphatic carbocycles. The summed E-state index contributed by atoms with van der Waals surface area (Å²) in [5.41, 5.74) is 1.24. The van der Waals surface area contributed by atoms with Gasteiger partial charge in [-0.1, -0.05) is 37.3 Å². The molecule has 2 aromatic rings. The van der Waals surface area contributed by atoms with E-state index in [2.05, 4.69) is 34.3 Å². The minimum atomic E-state index is -0.393. The summed E-state index contributed by atoms with van der Waals surface area (Å²) in [5, 5.41) is 14.4. The molecule has 25 heavy (non-hydrogen) atoms. The fraction of sp³-hybridized carbons (Fsp3) is 0.421. The minimum Gasteiger partial charge on any atom is -0.362 e. The first-order valence-corrected chi connectivity index (χ1v) is 8.77. The number of piperidine rings is 1. The highest BCUT2D eigenvalue weighted by molar-refractivity contribution is 5.55. The molecule has 0 saturated carbocycles. The standard InChI is InChI=1S/C19H24N4O2/c1-15-9-12-22(13-10-15)18(16-6-3-2-4-7-16)14-21-19-17(23(24)25)8-5-11-20-19/h2-8,11,15,18H,9-10,12-14H2,1H3,(H,20,21)/t18-/m1/s1. The summed E-state index contributed by atoms with van der Waals surface area (Å²) in [4.78, 5) is 17.4. The van der Waals surface area contributed by atoms with Crippen LogP contribution in [0.3, 0.4) is 0 Å². The lowest BCUT2D eigenvalue weighted by Gasteiger charge is -2.37. The SMILES string of the molecule is CC1CCN([C@H](CNc2ncccc2[N+](=O)[O-])c2ccccc2)CC1. The third-order valence-electron chi connectivity index (χ3n) is 4.89. The second kappa shape index (κ2) is 8.07. The number of hydrogen-bond donors (Lipinski definition) is 1. The van der Waals surface area contributed by atoms with Crippen LogP contribution < -0.4 is 5.32 Å². The Hall–Kier alpha value is -2.47. The van der Waals surface area contributed by atoms with E-state index in [0.29, 0.717) is 12.4 Å². The van der Waals surface area contributed by atoms with Crippen molar-refractivity contribution >= 4 is 11.5 Å². The van der Waals surface area contributed by atoms with Crippen LogP contribution in [0.25, 0.3) is 0 Å². The van der Waals surface area contributed by atoms with Crippen LogP contribution in [0.4, 0.5) is 11.5 Å². The summed E-state index contributed by atoms with van der Waals surface area (Å²) in [7, 11) is 0. The predicted octanol–water partition coefficient (Wildman–Crippen LogP) is 3.87. The number of rotatable bonds is 6. The van der Waals surface area contributed by atoms with E-state index in [4.69, 9.17) is 0 Å². The van der Waals surface area contributed by atoms with Crippen LogP contribution in [0.5, 0.6) is 0 Å². The van der Waals surface area contributed by atoms with Crippen LogP contribution in [0.2, 0.25) is 0 Å². The van der Waals surface area contributed by atoms with Crippen LogP contribution in [0.15, 0.2) is 48.7 Å². The van der Waals surface area contributed by atoms with Gasteiger partial charge in [0, 0.05) is 18.8 Å². The zero-order valence-electron chi connectivity index (χ0n) is 14.5. The Labute approximate surface area is 148 Å². The predicted molar refractivity (Wildman–Crippen MR) is 98.5 cm³/mol. The van der Waals surface area contributed by atoms with E-state index in [9.17, 15) is 10.1 Å². The lowest BCUT2D eigenvalue weighted by atomic mass is 9.95. The largest absolute Gasteiger partial charge is 0.362 e. The van der Waals surface area contributed by atoms with E-state index < -0.39 is 4.92 Å². The number of nitrogens with one attached hydrogen (secondary N) is 1. The van der Waals surface area contributed by atoms with Gasteiger partial charge in [0.15, 0.2) is 0 Å². The van der Waals surface area contributed by atoms with Crippen molar-refractivity contribution in [2.24, 2.45) is 5.92 Å². The summed E-state index contributed by atoms with van der Waals surface area (Å²) >= 11 is 0. The molecule has 0 unspecified atom stereocenters. The van der Waals surface area contributed by atoms with Crippen molar-refractivity contribution in [2.45, 2.75) is 25.8 Å². The van der Waals surface area contributed by atoms with Crippen molar-refractivity contribution in [1.29, 1.82) is 0 Å². The first-order chi connectivity index (χ1) is 12.1. The lowest BCUT2D eigenvalue weighted by molar-refractivity contribution is -0.384. The number of nitrogens with zero attached hydrogens (tertiary/aromatic N) is 3. The average Bonchev–Trinajstić information content (AvgIpc) is 2.64. The number of aromatic nitrogens is 1. The zero-order valence-corrected chi connectivity index (χ0v) is 14.5. The van der Waals surface area contributed by atoms with Crippen molar-refractivity contribution in [2.75, 3.05) is 25.0 Å². The maximum atomic E-state index is 11.2. The molecule has 1 saturated heterocycles. The lowest BCUT2D eigenvalue weighted by Crippen LogP contribution is -2.39. The maximum absolute atomic E-state index is 11.2. The smallest absolute Gasteiger partial charge is 0.311 e. The quantitative estimate of drug-likeness (QED) is 0.638. The number of benzene rings is 1. The maximum Gasteiger partial charge on any atom is 0.311 e. The molecule has 0 spiro atoms. The summed E-state index contributed by atoms with van der Waals surface area (Å²) in [5.74, 6) is 1.09. The third-order valence-corrected chi connectivity index (χ3v) is 4.89. The number of anilines is 1. The highest BCUT2D eigenvalue weighted by atomic mass is 16.6. The summed E-state index contributed by atoms with van der Waals surface area (Å²) in [6.07, 6.45) is 3.95. The van der Waals surface area contributed by atoms with E-state index in [1.807, 2.05) is 18.2 Å². The first kappa shape index (κ1) is 17.4. The molecule has 0 amide bonds. The molecule has 0 bridgehead atoms. The molecule has 1 N–H and O–H groups in total. The average molecular weight is 340 g/mol. The molecule has 1 aromatic carbocycles. The van der Waals surface area contributed by atoms with Crippen molar-refractivity contribution in [1.82, 2.24) is 9.88 Å². The zero-order chi connectivity index (χ0) is 17.6. The minimum absolute atomic E-state index is 0.0154. The Balaban J connectivity index is 1.78. The second-order valence-electron chi connectivity index (χ2n) is 6.65. The molecule has 1 aliphatic heterocycles. The van der Waals surface area contributed by atoms with Gasteiger partial charge in [-0.05, 0) is 43.5 Å². The van der Waals surface area contributed by atoms with Gasteiger partial charge in [-0.3, -0.25) is 15.0 Å². The van der Waals surface area contributed by atoms with Gasteiger partial charge in [0.25, 0.3) is 0 Å². The molecule has 6 nitrogen and oxygen atoms in total. The summed E-state index contributed by atoms with van der Waals surface area (Å²) in [6.45, 7) is 4.99. The van der Waals surface area contributed by atoms with Gasteiger partial charge in [-0.2, -0.15) is 0 Å². The molecule has 6 heteroatoms. The molecule has 1 aliphatic rings. The normalized spacial score (nSPS) is 17.2. The van der Waals surface area contributed by atoms with Crippen LogP contribution in [0.1, 0.15) is 31.4 Å². The van der Waals surface area contributed by atoms with Gasteiger partial charge in [-0.25, -0.2) is 4.98 Å². The summed E-state index contributed by atoms with van der Waals surface area (Å²) < 4.78 is 0. The Morgan fingerprint density at radius 1 is 1.24 bits per heavy atom. The number of pyridine rings is 1. The van der Waals surface area contributed by atoms with Gasteiger partial charge < -0.3 is 5.32 Å². The molecule has 3 rings (SSSR count). The highest BCUT2D eigenvalue weighted by Crippen LogP contribution is 2.28. The fourth-order valence-corrected chi connectivity index (χ4v) is 3.35. The summed E-state index contributed by atoms with van der Waals surface area (Å²) in [6, 6.07) is 13.6. The van der Waals surface area contributed by atoms with E-state index in [1.54, 1.807) is 12.3 Å². The Morgan fingerprint density at radius 2 is 1.96 bits per heavy atom. The van der Waals surface area contributed by atoms with Crippen molar-refractivity contribution in [3.63, 3.8) is 0 Å². The second-order valence-corrected chi connectivity index (χ2v) is 6.65. The molecule has 1 fully saturated rings. The van der Waals surface area contributed by atoms with Gasteiger partial charge in [-0.15, -0.1) is 0 Å².